The zero-order chi connectivity index (χ0) is 15.6. The van der Waals surface area contributed by atoms with Crippen LogP contribution >= 0.6 is 11.6 Å². The van der Waals surface area contributed by atoms with Gasteiger partial charge >= 0.3 is 6.36 Å². The summed E-state index contributed by atoms with van der Waals surface area (Å²) in [6.45, 7) is 1.66. The first-order chi connectivity index (χ1) is 9.78. The first-order valence-corrected chi connectivity index (χ1v) is 6.31. The fourth-order valence-electron chi connectivity index (χ4n) is 1.89. The van der Waals surface area contributed by atoms with E-state index in [2.05, 4.69) is 4.74 Å². The first kappa shape index (κ1) is 15.4. The highest BCUT2D eigenvalue weighted by atomic mass is 35.5. The lowest BCUT2D eigenvalue weighted by molar-refractivity contribution is -0.274. The number of carbonyl (C=O) groups is 1. The van der Waals surface area contributed by atoms with E-state index in [-0.39, 0.29) is 11.1 Å². The Morgan fingerprint density at radius 2 is 1.76 bits per heavy atom. The van der Waals surface area contributed by atoms with Crippen LogP contribution in [-0.2, 0) is 0 Å². The second-order valence-corrected chi connectivity index (χ2v) is 4.77. The van der Waals surface area contributed by atoms with Crippen LogP contribution in [0.15, 0.2) is 42.5 Å². The molecule has 2 nitrogen and oxygen atoms in total. The number of para-hydroxylation sites is 1. The van der Waals surface area contributed by atoms with Gasteiger partial charge in [-0.15, -0.1) is 13.2 Å². The second kappa shape index (κ2) is 5.77. The van der Waals surface area contributed by atoms with Crippen molar-refractivity contribution in [2.75, 3.05) is 0 Å². The largest absolute Gasteiger partial charge is 0.573 e. The second-order valence-electron chi connectivity index (χ2n) is 4.33. The van der Waals surface area contributed by atoms with Crippen LogP contribution in [0, 0.1) is 6.92 Å². The third kappa shape index (κ3) is 3.76. The molecule has 21 heavy (non-hydrogen) atoms. The molecule has 0 radical (unpaired) electrons. The van der Waals surface area contributed by atoms with Gasteiger partial charge < -0.3 is 4.74 Å². The summed E-state index contributed by atoms with van der Waals surface area (Å²) >= 11 is 5.80. The number of carbonyl (C=O) groups excluding carboxylic acids is 1. The molecule has 0 aliphatic rings. The van der Waals surface area contributed by atoms with Gasteiger partial charge in [0.1, 0.15) is 5.75 Å². The average Bonchev–Trinajstić information content (AvgIpc) is 2.36. The van der Waals surface area contributed by atoms with E-state index < -0.39 is 17.9 Å². The normalized spacial score (nSPS) is 11.3. The Hall–Kier alpha value is -2.01. The Bertz CT molecular complexity index is 681. The maximum absolute atomic E-state index is 12.4. The third-order valence-corrected chi connectivity index (χ3v) is 3.03. The van der Waals surface area contributed by atoms with Crippen molar-refractivity contribution in [1.82, 2.24) is 0 Å². The number of hydrogen-bond donors (Lipinski definition) is 0. The Kier molecular flexibility index (Phi) is 4.23. The minimum atomic E-state index is -4.86. The molecule has 0 saturated carbocycles. The van der Waals surface area contributed by atoms with E-state index in [1.54, 1.807) is 13.0 Å². The topological polar surface area (TPSA) is 26.3 Å². The van der Waals surface area contributed by atoms with E-state index >= 15 is 0 Å². The monoisotopic (exact) mass is 314 g/mol. The summed E-state index contributed by atoms with van der Waals surface area (Å²) in [4.78, 5) is 12.4. The van der Waals surface area contributed by atoms with Gasteiger partial charge in [-0.1, -0.05) is 23.7 Å². The third-order valence-electron chi connectivity index (χ3n) is 2.79. The fraction of sp³-hybridized carbons (Fsp3) is 0.133. The van der Waals surface area contributed by atoms with Crippen LogP contribution in [0.5, 0.6) is 5.75 Å². The van der Waals surface area contributed by atoms with Crippen LogP contribution in [0.25, 0.3) is 0 Å². The van der Waals surface area contributed by atoms with E-state index in [1.807, 2.05) is 0 Å². The van der Waals surface area contributed by atoms with Gasteiger partial charge in [0.25, 0.3) is 0 Å². The number of alkyl halides is 3. The van der Waals surface area contributed by atoms with Crippen molar-refractivity contribution in [3.63, 3.8) is 0 Å². The molecular weight excluding hydrogens is 305 g/mol. The molecule has 0 spiro atoms. The van der Waals surface area contributed by atoms with Gasteiger partial charge in [0.2, 0.25) is 0 Å². The van der Waals surface area contributed by atoms with Crippen molar-refractivity contribution in [1.29, 1.82) is 0 Å². The Labute approximate surface area is 124 Å². The van der Waals surface area contributed by atoms with E-state index in [4.69, 9.17) is 11.6 Å². The Balaban J connectivity index is 2.44. The van der Waals surface area contributed by atoms with Gasteiger partial charge in [-0.3, -0.25) is 4.79 Å². The minimum Gasteiger partial charge on any atom is -0.405 e. The maximum Gasteiger partial charge on any atom is 0.573 e. The number of aryl methyl sites for hydroxylation is 1. The summed E-state index contributed by atoms with van der Waals surface area (Å²) < 4.78 is 41.0. The molecular formula is C15H10ClF3O2. The molecule has 110 valence electrons. The number of ether oxygens (including phenoxy) is 1. The number of rotatable bonds is 3. The maximum atomic E-state index is 12.4. The van der Waals surface area contributed by atoms with Gasteiger partial charge in [-0.05, 0) is 42.8 Å². The predicted molar refractivity (Wildman–Crippen MR) is 72.7 cm³/mol. The van der Waals surface area contributed by atoms with E-state index in [0.29, 0.717) is 10.6 Å². The van der Waals surface area contributed by atoms with Crippen LogP contribution in [-0.4, -0.2) is 12.1 Å². The summed E-state index contributed by atoms with van der Waals surface area (Å²) in [5.41, 5.74) is 0.701. The molecule has 0 aliphatic carbocycles. The predicted octanol–water partition coefficient (Wildman–Crippen LogP) is 4.78. The van der Waals surface area contributed by atoms with Crippen molar-refractivity contribution in [3.8, 4) is 5.75 Å². The van der Waals surface area contributed by atoms with Crippen LogP contribution < -0.4 is 4.74 Å². The summed E-state index contributed by atoms with van der Waals surface area (Å²) in [5, 5.41) is 0.448. The minimum absolute atomic E-state index is 0.153. The van der Waals surface area contributed by atoms with Gasteiger partial charge in [-0.2, -0.15) is 0 Å². The quantitative estimate of drug-likeness (QED) is 0.762. The zero-order valence-corrected chi connectivity index (χ0v) is 11.6. The van der Waals surface area contributed by atoms with Crippen molar-refractivity contribution in [2.45, 2.75) is 13.3 Å². The Morgan fingerprint density at radius 1 is 1.10 bits per heavy atom. The lowest BCUT2D eigenvalue weighted by atomic mass is 9.98. The molecule has 0 unspecified atom stereocenters. The number of benzene rings is 2. The lowest BCUT2D eigenvalue weighted by Crippen LogP contribution is -2.19. The molecule has 2 aromatic carbocycles. The summed E-state index contributed by atoms with van der Waals surface area (Å²) in [5.74, 6) is -1.08. The molecule has 0 heterocycles. The van der Waals surface area contributed by atoms with Crippen molar-refractivity contribution >= 4 is 17.4 Å². The standard InChI is InChI=1S/C15H10ClF3O2/c1-9-8-10(16)6-7-11(9)14(20)12-4-2-3-5-13(12)21-15(17,18)19/h2-8H,1H3. The smallest absolute Gasteiger partial charge is 0.405 e. The molecule has 0 N–H and O–H groups in total. The van der Waals surface area contributed by atoms with Gasteiger partial charge in [0.05, 0.1) is 5.56 Å². The van der Waals surface area contributed by atoms with E-state index in [9.17, 15) is 18.0 Å². The number of ketones is 1. The van der Waals surface area contributed by atoms with Crippen molar-refractivity contribution < 1.29 is 22.7 Å². The molecule has 2 aromatic rings. The van der Waals surface area contributed by atoms with Crippen LogP contribution in [0.1, 0.15) is 21.5 Å². The highest BCUT2D eigenvalue weighted by molar-refractivity contribution is 6.30. The Morgan fingerprint density at radius 3 is 2.38 bits per heavy atom. The van der Waals surface area contributed by atoms with E-state index in [1.165, 1.54) is 30.3 Å². The molecule has 0 saturated heterocycles. The number of hydrogen-bond acceptors (Lipinski definition) is 2. The van der Waals surface area contributed by atoms with Crippen LogP contribution in [0.4, 0.5) is 13.2 Å². The van der Waals surface area contributed by atoms with Crippen LogP contribution in [0.2, 0.25) is 5.02 Å². The SMILES string of the molecule is Cc1cc(Cl)ccc1C(=O)c1ccccc1OC(F)(F)F. The molecule has 6 heteroatoms. The zero-order valence-electron chi connectivity index (χ0n) is 10.9. The molecule has 0 atom stereocenters. The van der Waals surface area contributed by atoms with Gasteiger partial charge in [0.15, 0.2) is 5.78 Å². The van der Waals surface area contributed by atoms with Crippen LogP contribution in [0.3, 0.4) is 0 Å². The summed E-state index contributed by atoms with van der Waals surface area (Å²) in [7, 11) is 0. The first-order valence-electron chi connectivity index (χ1n) is 5.93. The van der Waals surface area contributed by atoms with Gasteiger partial charge in [-0.25, -0.2) is 0 Å². The molecule has 0 fully saturated rings. The molecule has 2 rings (SSSR count). The fourth-order valence-corrected chi connectivity index (χ4v) is 2.12. The molecule has 0 aliphatic heterocycles. The van der Waals surface area contributed by atoms with E-state index in [0.717, 1.165) is 6.07 Å². The molecule has 0 bridgehead atoms. The summed E-state index contributed by atoms with van der Waals surface area (Å²) in [6, 6.07) is 9.79. The van der Waals surface area contributed by atoms with Gasteiger partial charge in [0, 0.05) is 10.6 Å². The number of halogens is 4. The highest BCUT2D eigenvalue weighted by Gasteiger charge is 2.33. The van der Waals surface area contributed by atoms with Crippen molar-refractivity contribution in [2.24, 2.45) is 0 Å². The molecule has 0 amide bonds. The highest BCUT2D eigenvalue weighted by Crippen LogP contribution is 2.29. The van der Waals surface area contributed by atoms with Crippen molar-refractivity contribution in [3.05, 3.63) is 64.2 Å². The average molecular weight is 315 g/mol. The summed E-state index contributed by atoms with van der Waals surface area (Å²) in [6.07, 6.45) is -4.86. The molecule has 0 aromatic heterocycles. The lowest BCUT2D eigenvalue weighted by Gasteiger charge is -2.13.